The summed E-state index contributed by atoms with van der Waals surface area (Å²) in [5.41, 5.74) is 0. The molecule has 0 saturated carbocycles. The molecule has 88 valence electrons. The zero-order chi connectivity index (χ0) is 12.3. The third kappa shape index (κ3) is 2.94. The number of furan rings is 1. The van der Waals surface area contributed by atoms with Gasteiger partial charge in [0.05, 0.1) is 5.75 Å². The van der Waals surface area contributed by atoms with E-state index in [4.69, 9.17) is 4.42 Å². The maximum absolute atomic E-state index is 13.3. The predicted molar refractivity (Wildman–Crippen MR) is 60.0 cm³/mol. The first-order valence-corrected chi connectivity index (χ1v) is 5.79. The predicted octanol–water partition coefficient (Wildman–Crippen LogP) is 3.66. The molecule has 0 bridgehead atoms. The number of hydrogen-bond acceptors (Lipinski definition) is 3. The van der Waals surface area contributed by atoms with Gasteiger partial charge >= 0.3 is 0 Å². The second kappa shape index (κ2) is 5.14. The van der Waals surface area contributed by atoms with Gasteiger partial charge in [0.1, 0.15) is 17.4 Å². The fraction of sp³-hybridized carbons (Fsp3) is 0.0833. The van der Waals surface area contributed by atoms with E-state index in [-0.39, 0.29) is 5.76 Å². The Morgan fingerprint density at radius 3 is 2.71 bits per heavy atom. The molecule has 17 heavy (non-hydrogen) atoms. The first kappa shape index (κ1) is 11.9. The van der Waals surface area contributed by atoms with Gasteiger partial charge in [-0.25, -0.2) is 8.78 Å². The van der Waals surface area contributed by atoms with Crippen LogP contribution in [0.4, 0.5) is 8.78 Å². The van der Waals surface area contributed by atoms with Crippen LogP contribution in [-0.4, -0.2) is 6.29 Å². The van der Waals surface area contributed by atoms with Gasteiger partial charge in [0.15, 0.2) is 12.0 Å². The van der Waals surface area contributed by atoms with E-state index in [0.29, 0.717) is 22.7 Å². The molecule has 0 aliphatic carbocycles. The number of aldehydes is 1. The quantitative estimate of drug-likeness (QED) is 0.616. The van der Waals surface area contributed by atoms with Crippen LogP contribution in [0.25, 0.3) is 0 Å². The largest absolute Gasteiger partial charge is 0.457 e. The molecule has 0 atom stereocenters. The fourth-order valence-electron chi connectivity index (χ4n) is 1.28. The molecule has 0 fully saturated rings. The average molecular weight is 254 g/mol. The van der Waals surface area contributed by atoms with Gasteiger partial charge in [0, 0.05) is 11.0 Å². The average Bonchev–Trinajstić information content (AvgIpc) is 2.76. The third-order valence-corrected chi connectivity index (χ3v) is 3.13. The molecule has 0 saturated heterocycles. The summed E-state index contributed by atoms with van der Waals surface area (Å²) in [5.74, 6) is -0.0117. The Morgan fingerprint density at radius 1 is 1.24 bits per heavy atom. The molecule has 1 aromatic carbocycles. The van der Waals surface area contributed by atoms with E-state index < -0.39 is 11.6 Å². The number of hydrogen-bond donors (Lipinski definition) is 0. The molecule has 2 aromatic rings. The standard InChI is InChI=1S/C12H8F2O2S/c13-8-1-4-12(11(14)5-8)17-7-10-3-2-9(6-15)16-10/h1-6H,7H2. The van der Waals surface area contributed by atoms with Crippen LogP contribution in [0, 0.1) is 11.6 Å². The Bertz CT molecular complexity index is 537. The highest BCUT2D eigenvalue weighted by molar-refractivity contribution is 7.98. The summed E-state index contributed by atoms with van der Waals surface area (Å²) in [7, 11) is 0. The van der Waals surface area contributed by atoms with Crippen molar-refractivity contribution in [2.75, 3.05) is 0 Å². The van der Waals surface area contributed by atoms with Gasteiger partial charge in [-0.3, -0.25) is 4.79 Å². The minimum absolute atomic E-state index is 0.236. The second-order valence-corrected chi connectivity index (χ2v) is 4.30. The number of halogens is 2. The molecule has 2 rings (SSSR count). The lowest BCUT2D eigenvalue weighted by molar-refractivity contribution is 0.109. The van der Waals surface area contributed by atoms with Gasteiger partial charge in [-0.05, 0) is 24.3 Å². The Balaban J connectivity index is 2.04. The minimum atomic E-state index is -0.604. The molecule has 1 aromatic heterocycles. The topological polar surface area (TPSA) is 30.2 Å². The van der Waals surface area contributed by atoms with Gasteiger partial charge < -0.3 is 4.42 Å². The number of thioether (sulfide) groups is 1. The van der Waals surface area contributed by atoms with Crippen molar-refractivity contribution >= 4 is 18.0 Å². The lowest BCUT2D eigenvalue weighted by Gasteiger charge is -2.01. The summed E-state index contributed by atoms with van der Waals surface area (Å²) in [6, 6.07) is 6.60. The lowest BCUT2D eigenvalue weighted by Crippen LogP contribution is -1.84. The lowest BCUT2D eigenvalue weighted by atomic mass is 10.3. The van der Waals surface area contributed by atoms with Gasteiger partial charge in [-0.2, -0.15) is 0 Å². The first-order valence-electron chi connectivity index (χ1n) is 4.81. The Hall–Kier alpha value is -1.62. The zero-order valence-electron chi connectivity index (χ0n) is 8.65. The van der Waals surface area contributed by atoms with Crippen molar-refractivity contribution in [1.29, 1.82) is 0 Å². The fourth-order valence-corrected chi connectivity index (χ4v) is 2.09. The minimum Gasteiger partial charge on any atom is -0.457 e. The molecule has 0 N–H and O–H groups in total. The van der Waals surface area contributed by atoms with Crippen LogP contribution in [0.15, 0.2) is 39.6 Å². The van der Waals surface area contributed by atoms with Crippen molar-refractivity contribution in [3.05, 3.63) is 53.5 Å². The normalized spacial score (nSPS) is 10.5. The molecule has 1 heterocycles. The van der Waals surface area contributed by atoms with Crippen LogP contribution >= 0.6 is 11.8 Å². The summed E-state index contributed by atoms with van der Waals surface area (Å²) >= 11 is 1.18. The number of benzene rings is 1. The molecule has 0 aliphatic heterocycles. The molecule has 0 spiro atoms. The van der Waals surface area contributed by atoms with Gasteiger partial charge in [-0.1, -0.05) is 0 Å². The highest BCUT2D eigenvalue weighted by Crippen LogP contribution is 2.26. The summed E-state index contributed by atoms with van der Waals surface area (Å²) in [6.45, 7) is 0. The van der Waals surface area contributed by atoms with Crippen molar-refractivity contribution in [2.45, 2.75) is 10.6 Å². The highest BCUT2D eigenvalue weighted by atomic mass is 32.2. The van der Waals surface area contributed by atoms with Crippen LogP contribution in [0.3, 0.4) is 0 Å². The molecule has 0 radical (unpaired) electrons. The van der Waals surface area contributed by atoms with Crippen LogP contribution < -0.4 is 0 Å². The molecule has 0 amide bonds. The zero-order valence-corrected chi connectivity index (χ0v) is 9.47. The Labute approximate surface area is 101 Å². The number of rotatable bonds is 4. The van der Waals surface area contributed by atoms with Crippen LogP contribution in [0.1, 0.15) is 16.3 Å². The monoisotopic (exact) mass is 254 g/mol. The van der Waals surface area contributed by atoms with Crippen molar-refractivity contribution in [1.82, 2.24) is 0 Å². The summed E-state index contributed by atoms with van der Waals surface area (Å²) in [6.07, 6.45) is 0.604. The molecule has 0 unspecified atom stereocenters. The highest BCUT2D eigenvalue weighted by Gasteiger charge is 2.06. The molecule has 5 heteroatoms. The third-order valence-electron chi connectivity index (χ3n) is 2.06. The summed E-state index contributed by atoms with van der Waals surface area (Å²) in [5, 5.41) is 0. The van der Waals surface area contributed by atoms with E-state index in [2.05, 4.69) is 0 Å². The van der Waals surface area contributed by atoms with Crippen LogP contribution in [0.5, 0.6) is 0 Å². The van der Waals surface area contributed by atoms with E-state index in [1.54, 1.807) is 12.1 Å². The smallest absolute Gasteiger partial charge is 0.185 e. The molecular formula is C12H8F2O2S. The maximum Gasteiger partial charge on any atom is 0.185 e. The van der Waals surface area contributed by atoms with E-state index >= 15 is 0 Å². The summed E-state index contributed by atoms with van der Waals surface area (Å²) in [4.78, 5) is 10.7. The van der Waals surface area contributed by atoms with Crippen LogP contribution in [-0.2, 0) is 5.75 Å². The van der Waals surface area contributed by atoms with E-state index in [0.717, 1.165) is 6.07 Å². The van der Waals surface area contributed by atoms with Gasteiger partial charge in [0.25, 0.3) is 0 Å². The van der Waals surface area contributed by atoms with Crippen molar-refractivity contribution in [3.8, 4) is 0 Å². The maximum atomic E-state index is 13.3. The molecular weight excluding hydrogens is 246 g/mol. The van der Waals surface area contributed by atoms with Crippen molar-refractivity contribution in [2.24, 2.45) is 0 Å². The summed E-state index contributed by atoms with van der Waals surface area (Å²) < 4.78 is 31.1. The van der Waals surface area contributed by atoms with Crippen molar-refractivity contribution in [3.63, 3.8) is 0 Å². The first-order chi connectivity index (χ1) is 8.19. The molecule has 0 aliphatic rings. The Morgan fingerprint density at radius 2 is 2.06 bits per heavy atom. The van der Waals surface area contributed by atoms with Crippen LogP contribution in [0.2, 0.25) is 0 Å². The number of carbonyl (C=O) groups excluding carboxylic acids is 1. The van der Waals surface area contributed by atoms with Crippen molar-refractivity contribution < 1.29 is 18.0 Å². The van der Waals surface area contributed by atoms with E-state index in [1.165, 1.54) is 23.9 Å². The van der Waals surface area contributed by atoms with Gasteiger partial charge in [0.2, 0.25) is 0 Å². The Kier molecular flexibility index (Phi) is 3.58. The van der Waals surface area contributed by atoms with E-state index in [9.17, 15) is 13.6 Å². The van der Waals surface area contributed by atoms with Gasteiger partial charge in [-0.15, -0.1) is 11.8 Å². The van der Waals surface area contributed by atoms with E-state index in [1.807, 2.05) is 0 Å². The molecule has 2 nitrogen and oxygen atoms in total. The SMILES string of the molecule is O=Cc1ccc(CSc2ccc(F)cc2F)o1. The number of carbonyl (C=O) groups is 1. The second-order valence-electron chi connectivity index (χ2n) is 3.29.